The minimum Gasteiger partial charge on any atom is -0.376 e. The summed E-state index contributed by atoms with van der Waals surface area (Å²) in [7, 11) is 0. The molecule has 0 unspecified atom stereocenters. The van der Waals surface area contributed by atoms with Gasteiger partial charge in [0.05, 0.1) is 6.54 Å². The van der Waals surface area contributed by atoms with Gasteiger partial charge < -0.3 is 16.4 Å². The van der Waals surface area contributed by atoms with E-state index in [0.29, 0.717) is 12.5 Å². The Balaban J connectivity index is 1.82. The molecule has 23 heavy (non-hydrogen) atoms. The van der Waals surface area contributed by atoms with E-state index in [2.05, 4.69) is 20.6 Å². The van der Waals surface area contributed by atoms with Crippen LogP contribution >= 0.6 is 12.2 Å². The molecule has 2 rings (SSSR count). The summed E-state index contributed by atoms with van der Waals surface area (Å²) in [5, 5.41) is 6.32. The number of nitrogens with two attached hydrogens (primary N) is 1. The summed E-state index contributed by atoms with van der Waals surface area (Å²) in [6.45, 7) is 1.33. The molecule has 0 spiro atoms. The summed E-state index contributed by atoms with van der Waals surface area (Å²) in [4.78, 5) is 8.80. The van der Waals surface area contributed by atoms with E-state index >= 15 is 0 Å². The number of benzene rings is 1. The summed E-state index contributed by atoms with van der Waals surface area (Å²) in [6.07, 6.45) is 3.66. The first-order valence-corrected chi connectivity index (χ1v) is 7.93. The molecular formula is C17H21N5S. The minimum absolute atomic E-state index is 0.203. The monoisotopic (exact) mass is 327 g/mol. The second kappa shape index (κ2) is 9.53. The van der Waals surface area contributed by atoms with Gasteiger partial charge in [-0.25, -0.2) is 4.99 Å². The average molecular weight is 327 g/mol. The summed E-state index contributed by atoms with van der Waals surface area (Å²) >= 11 is 4.89. The van der Waals surface area contributed by atoms with Crippen LogP contribution in [0.25, 0.3) is 0 Å². The maximum absolute atomic E-state index is 5.55. The Kier molecular flexibility index (Phi) is 7.00. The van der Waals surface area contributed by atoms with Crippen molar-refractivity contribution in [2.24, 2.45) is 10.7 Å². The molecule has 120 valence electrons. The Labute approximate surface area is 142 Å². The number of thiocarbonyl (C=S) groups is 1. The lowest BCUT2D eigenvalue weighted by molar-refractivity contribution is 0.748. The van der Waals surface area contributed by atoms with Gasteiger partial charge in [0, 0.05) is 18.4 Å². The second-order valence-corrected chi connectivity index (χ2v) is 5.43. The fourth-order valence-corrected chi connectivity index (χ4v) is 2.13. The highest BCUT2D eigenvalue weighted by molar-refractivity contribution is 7.80. The number of nitrogens with one attached hydrogen (secondary N) is 2. The third kappa shape index (κ3) is 6.88. The van der Waals surface area contributed by atoms with E-state index in [1.165, 1.54) is 0 Å². The molecule has 0 saturated heterocycles. The SMILES string of the molecule is NC(=S)NC(=NCc1ccccc1)NCCCc1ccccn1. The number of aromatic nitrogens is 1. The summed E-state index contributed by atoms with van der Waals surface area (Å²) in [5.41, 5.74) is 7.76. The molecular weight excluding hydrogens is 306 g/mol. The molecule has 1 heterocycles. The van der Waals surface area contributed by atoms with E-state index < -0.39 is 0 Å². The van der Waals surface area contributed by atoms with Crippen LogP contribution in [-0.4, -0.2) is 22.6 Å². The van der Waals surface area contributed by atoms with E-state index in [0.717, 1.165) is 30.6 Å². The van der Waals surface area contributed by atoms with Crippen molar-refractivity contribution in [1.29, 1.82) is 0 Å². The number of guanidine groups is 1. The van der Waals surface area contributed by atoms with Gasteiger partial charge in [-0.2, -0.15) is 0 Å². The van der Waals surface area contributed by atoms with Crippen LogP contribution in [0.2, 0.25) is 0 Å². The molecule has 0 bridgehead atoms. The molecule has 1 aromatic heterocycles. The van der Waals surface area contributed by atoms with Crippen LogP contribution in [0, 0.1) is 0 Å². The Hall–Kier alpha value is -2.47. The lowest BCUT2D eigenvalue weighted by Gasteiger charge is -2.11. The van der Waals surface area contributed by atoms with E-state index in [9.17, 15) is 0 Å². The van der Waals surface area contributed by atoms with Gasteiger partial charge in [-0.3, -0.25) is 4.98 Å². The molecule has 0 saturated carbocycles. The zero-order valence-corrected chi connectivity index (χ0v) is 13.7. The first kappa shape index (κ1) is 16.9. The van der Waals surface area contributed by atoms with E-state index in [4.69, 9.17) is 18.0 Å². The molecule has 5 nitrogen and oxygen atoms in total. The number of hydrogen-bond donors (Lipinski definition) is 3. The van der Waals surface area contributed by atoms with Crippen molar-refractivity contribution in [2.45, 2.75) is 19.4 Å². The lowest BCUT2D eigenvalue weighted by atomic mass is 10.2. The van der Waals surface area contributed by atoms with E-state index in [1.54, 1.807) is 0 Å². The summed E-state index contributed by atoms with van der Waals surface area (Å²) in [5.74, 6) is 0.599. The van der Waals surface area contributed by atoms with Crippen molar-refractivity contribution >= 4 is 23.3 Å². The first-order chi connectivity index (χ1) is 11.2. The van der Waals surface area contributed by atoms with Crippen molar-refractivity contribution in [3.8, 4) is 0 Å². The van der Waals surface area contributed by atoms with Gasteiger partial charge in [0.15, 0.2) is 11.1 Å². The quantitative estimate of drug-likeness (QED) is 0.327. The van der Waals surface area contributed by atoms with Gasteiger partial charge >= 0.3 is 0 Å². The van der Waals surface area contributed by atoms with Crippen molar-refractivity contribution in [3.05, 3.63) is 66.0 Å². The van der Waals surface area contributed by atoms with Crippen molar-refractivity contribution in [2.75, 3.05) is 6.54 Å². The molecule has 1 aromatic carbocycles. The molecule has 0 radical (unpaired) electrons. The van der Waals surface area contributed by atoms with Crippen LogP contribution in [0.1, 0.15) is 17.7 Å². The van der Waals surface area contributed by atoms with Gasteiger partial charge in [-0.1, -0.05) is 36.4 Å². The van der Waals surface area contributed by atoms with Gasteiger partial charge in [0.25, 0.3) is 0 Å². The molecule has 0 atom stereocenters. The fourth-order valence-electron chi connectivity index (χ4n) is 2.03. The minimum atomic E-state index is 0.203. The zero-order valence-electron chi connectivity index (χ0n) is 12.9. The van der Waals surface area contributed by atoms with Crippen LogP contribution in [-0.2, 0) is 13.0 Å². The highest BCUT2D eigenvalue weighted by atomic mass is 32.1. The largest absolute Gasteiger partial charge is 0.376 e. The Morgan fingerprint density at radius 1 is 1.13 bits per heavy atom. The number of aryl methyl sites for hydroxylation is 1. The van der Waals surface area contributed by atoms with Crippen LogP contribution in [0.5, 0.6) is 0 Å². The van der Waals surface area contributed by atoms with Gasteiger partial charge in [0.2, 0.25) is 0 Å². The Morgan fingerprint density at radius 2 is 1.91 bits per heavy atom. The summed E-state index contributed by atoms with van der Waals surface area (Å²) < 4.78 is 0. The van der Waals surface area contributed by atoms with E-state index in [-0.39, 0.29) is 5.11 Å². The van der Waals surface area contributed by atoms with Crippen molar-refractivity contribution in [1.82, 2.24) is 15.6 Å². The predicted octanol–water partition coefficient (Wildman–Crippen LogP) is 1.99. The van der Waals surface area contributed by atoms with Crippen molar-refractivity contribution in [3.63, 3.8) is 0 Å². The molecule has 6 heteroatoms. The average Bonchev–Trinajstić information content (AvgIpc) is 2.58. The van der Waals surface area contributed by atoms with E-state index in [1.807, 2.05) is 54.7 Å². The summed E-state index contributed by atoms with van der Waals surface area (Å²) in [6, 6.07) is 16.0. The number of rotatable bonds is 6. The van der Waals surface area contributed by atoms with Crippen LogP contribution < -0.4 is 16.4 Å². The maximum atomic E-state index is 5.55. The smallest absolute Gasteiger partial charge is 0.197 e. The van der Waals surface area contributed by atoms with Crippen molar-refractivity contribution < 1.29 is 0 Å². The van der Waals surface area contributed by atoms with Crippen LogP contribution in [0.4, 0.5) is 0 Å². The molecule has 0 aliphatic rings. The third-order valence-corrected chi connectivity index (χ3v) is 3.23. The molecule has 0 aliphatic heterocycles. The molecule has 0 aliphatic carbocycles. The number of pyridine rings is 1. The lowest BCUT2D eigenvalue weighted by Crippen LogP contribution is -2.44. The molecule has 0 amide bonds. The highest BCUT2D eigenvalue weighted by Gasteiger charge is 2.00. The topological polar surface area (TPSA) is 75.3 Å². The van der Waals surface area contributed by atoms with Gasteiger partial charge in [0.1, 0.15) is 0 Å². The van der Waals surface area contributed by atoms with Gasteiger partial charge in [-0.15, -0.1) is 0 Å². The normalized spacial score (nSPS) is 11.0. The van der Waals surface area contributed by atoms with Crippen LogP contribution in [0.3, 0.4) is 0 Å². The number of hydrogen-bond acceptors (Lipinski definition) is 3. The predicted molar refractivity (Wildman–Crippen MR) is 98.1 cm³/mol. The fraction of sp³-hybridized carbons (Fsp3) is 0.235. The molecule has 4 N–H and O–H groups in total. The standard InChI is InChI=1S/C17H21N5S/c18-16(23)22-17(21-13-14-7-2-1-3-8-14)20-12-6-10-15-9-4-5-11-19-15/h1-5,7-9,11H,6,10,12-13H2,(H4,18,20,21,22,23). The highest BCUT2D eigenvalue weighted by Crippen LogP contribution is 2.00. The third-order valence-electron chi connectivity index (χ3n) is 3.13. The Morgan fingerprint density at radius 3 is 2.61 bits per heavy atom. The second-order valence-electron chi connectivity index (χ2n) is 4.99. The zero-order chi connectivity index (χ0) is 16.3. The number of nitrogens with zero attached hydrogens (tertiary/aromatic N) is 2. The molecule has 2 aromatic rings. The van der Waals surface area contributed by atoms with Crippen LogP contribution in [0.15, 0.2) is 59.7 Å². The number of aliphatic imine (C=N–C) groups is 1. The maximum Gasteiger partial charge on any atom is 0.197 e. The molecule has 0 fully saturated rings. The Bertz CT molecular complexity index is 628. The van der Waals surface area contributed by atoms with Gasteiger partial charge in [-0.05, 0) is 42.8 Å². The first-order valence-electron chi connectivity index (χ1n) is 7.52.